The van der Waals surface area contributed by atoms with Gasteiger partial charge in [0.2, 0.25) is 0 Å². The molecule has 0 aliphatic heterocycles. The second kappa shape index (κ2) is 17.6. The van der Waals surface area contributed by atoms with Crippen molar-refractivity contribution in [2.75, 3.05) is 0 Å². The van der Waals surface area contributed by atoms with E-state index in [9.17, 15) is 0 Å². The molecule has 0 bridgehead atoms. The Morgan fingerprint density at radius 1 is 0.667 bits per heavy atom. The molecule has 0 spiro atoms. The van der Waals surface area contributed by atoms with Gasteiger partial charge in [-0.25, -0.2) is 0 Å². The van der Waals surface area contributed by atoms with Gasteiger partial charge in [-0.15, -0.1) is 0 Å². The van der Waals surface area contributed by atoms with Gasteiger partial charge in [0.15, 0.2) is 0 Å². The van der Waals surface area contributed by atoms with Crippen molar-refractivity contribution in [1.82, 2.24) is 0 Å². The molecule has 0 aromatic heterocycles. The van der Waals surface area contributed by atoms with E-state index in [4.69, 9.17) is 0 Å². The maximum atomic E-state index is 2.48. The highest BCUT2D eigenvalue weighted by Crippen LogP contribution is 2.24. The highest BCUT2D eigenvalue weighted by molar-refractivity contribution is 4.94. The smallest absolute Gasteiger partial charge is 0.0323 e. The average molecular weight is 337 g/mol. The zero-order valence-corrected chi connectivity index (χ0v) is 17.8. The number of hydrogen-bond donors (Lipinski definition) is 0. The van der Waals surface area contributed by atoms with Gasteiger partial charge in [0, 0.05) is 0 Å². The lowest BCUT2D eigenvalue weighted by Gasteiger charge is -2.20. The Kier molecular flexibility index (Phi) is 17.4. The number of hydrogen-bond acceptors (Lipinski definition) is 0. The van der Waals surface area contributed by atoms with Gasteiger partial charge < -0.3 is 0 Å². The van der Waals surface area contributed by atoms with E-state index in [1.165, 1.54) is 96.3 Å². The predicted molar refractivity (Wildman–Crippen MR) is 113 cm³/mol. The van der Waals surface area contributed by atoms with Crippen molar-refractivity contribution in [1.29, 1.82) is 0 Å². The molecule has 0 radical (unpaired) electrons. The summed E-state index contributed by atoms with van der Waals surface area (Å²) in [5.41, 5.74) is 1.56. The van der Waals surface area contributed by atoms with Crippen molar-refractivity contribution in [3.05, 3.63) is 11.6 Å². The number of rotatable bonds is 17. The molecule has 2 unspecified atom stereocenters. The van der Waals surface area contributed by atoms with Crippen LogP contribution in [0.3, 0.4) is 0 Å². The third-order valence-electron chi connectivity index (χ3n) is 5.96. The molecule has 0 rings (SSSR count). The van der Waals surface area contributed by atoms with Crippen LogP contribution in [0.5, 0.6) is 0 Å². The summed E-state index contributed by atoms with van der Waals surface area (Å²) in [5.74, 6) is 1.81. The van der Waals surface area contributed by atoms with Gasteiger partial charge in [-0.2, -0.15) is 0 Å². The fourth-order valence-electron chi connectivity index (χ4n) is 3.55. The first kappa shape index (κ1) is 23.7. The minimum absolute atomic E-state index is 0.901. The molecule has 0 nitrogen and oxygen atoms in total. The Morgan fingerprint density at radius 3 is 1.54 bits per heavy atom. The Labute approximate surface area is 154 Å². The van der Waals surface area contributed by atoms with E-state index in [1.807, 2.05) is 0 Å². The fourth-order valence-corrected chi connectivity index (χ4v) is 3.55. The van der Waals surface area contributed by atoms with Gasteiger partial charge >= 0.3 is 0 Å². The standard InChI is InChI=1S/C24H48/c1-6-8-9-10-11-12-13-14-15-16-17-20-23(4)24(5)21-18-19-22(3)7-2/h7,23-24H,6,8-21H2,1-5H3. The van der Waals surface area contributed by atoms with Crippen LogP contribution >= 0.6 is 0 Å². The van der Waals surface area contributed by atoms with E-state index in [-0.39, 0.29) is 0 Å². The van der Waals surface area contributed by atoms with Crippen LogP contribution in [-0.4, -0.2) is 0 Å². The van der Waals surface area contributed by atoms with E-state index in [2.05, 4.69) is 40.7 Å². The van der Waals surface area contributed by atoms with Gasteiger partial charge in [0.1, 0.15) is 0 Å². The summed E-state index contributed by atoms with van der Waals surface area (Å²) in [5, 5.41) is 0. The van der Waals surface area contributed by atoms with Crippen LogP contribution in [0.25, 0.3) is 0 Å². The highest BCUT2D eigenvalue weighted by atomic mass is 14.2. The first-order valence-corrected chi connectivity index (χ1v) is 11.2. The van der Waals surface area contributed by atoms with Crippen LogP contribution in [0.4, 0.5) is 0 Å². The van der Waals surface area contributed by atoms with Crippen LogP contribution in [0.2, 0.25) is 0 Å². The first-order chi connectivity index (χ1) is 11.6. The highest BCUT2D eigenvalue weighted by Gasteiger charge is 2.11. The van der Waals surface area contributed by atoms with Crippen LogP contribution in [-0.2, 0) is 0 Å². The van der Waals surface area contributed by atoms with Gasteiger partial charge in [0.25, 0.3) is 0 Å². The maximum Gasteiger partial charge on any atom is -0.0323 e. The second-order valence-electron chi connectivity index (χ2n) is 8.31. The van der Waals surface area contributed by atoms with Crippen molar-refractivity contribution in [2.24, 2.45) is 11.8 Å². The third-order valence-corrected chi connectivity index (χ3v) is 5.96. The monoisotopic (exact) mass is 336 g/mol. The first-order valence-electron chi connectivity index (χ1n) is 11.2. The Morgan fingerprint density at radius 2 is 1.08 bits per heavy atom. The van der Waals surface area contributed by atoms with Crippen LogP contribution in [0.1, 0.15) is 131 Å². The molecule has 0 heteroatoms. The molecule has 0 aliphatic carbocycles. The molecule has 2 atom stereocenters. The van der Waals surface area contributed by atoms with Crippen molar-refractivity contribution >= 4 is 0 Å². The Bertz CT molecular complexity index is 276. The topological polar surface area (TPSA) is 0 Å². The van der Waals surface area contributed by atoms with E-state index < -0.39 is 0 Å². The van der Waals surface area contributed by atoms with Gasteiger partial charge in [0.05, 0.1) is 0 Å². The molecule has 0 saturated heterocycles. The average Bonchev–Trinajstić information content (AvgIpc) is 2.59. The van der Waals surface area contributed by atoms with Gasteiger partial charge in [-0.1, -0.05) is 116 Å². The van der Waals surface area contributed by atoms with Gasteiger partial charge in [-0.05, 0) is 38.5 Å². The van der Waals surface area contributed by atoms with Gasteiger partial charge in [-0.3, -0.25) is 0 Å². The van der Waals surface area contributed by atoms with Crippen molar-refractivity contribution in [2.45, 2.75) is 131 Å². The molecule has 24 heavy (non-hydrogen) atoms. The molecule has 0 aromatic carbocycles. The normalized spacial score (nSPS) is 14.8. The summed E-state index contributed by atoms with van der Waals surface area (Å²) < 4.78 is 0. The summed E-state index contributed by atoms with van der Waals surface area (Å²) in [7, 11) is 0. The summed E-state index contributed by atoms with van der Waals surface area (Å²) in [4.78, 5) is 0. The van der Waals surface area contributed by atoms with Crippen molar-refractivity contribution < 1.29 is 0 Å². The third kappa shape index (κ3) is 15.3. The molecule has 0 fully saturated rings. The van der Waals surface area contributed by atoms with E-state index in [0.717, 1.165) is 11.8 Å². The molecular formula is C24H48. The van der Waals surface area contributed by atoms with Crippen molar-refractivity contribution in [3.63, 3.8) is 0 Å². The Balaban J connectivity index is 3.37. The number of unbranched alkanes of at least 4 members (excludes halogenated alkanes) is 10. The van der Waals surface area contributed by atoms with E-state index in [0.29, 0.717) is 0 Å². The quantitative estimate of drug-likeness (QED) is 0.183. The molecular weight excluding hydrogens is 288 g/mol. The number of allylic oxidation sites excluding steroid dienone is 2. The molecule has 0 amide bonds. The zero-order valence-electron chi connectivity index (χ0n) is 17.8. The lowest BCUT2D eigenvalue weighted by molar-refractivity contribution is 0.326. The summed E-state index contributed by atoms with van der Waals surface area (Å²) >= 11 is 0. The SMILES string of the molecule is CC=C(C)CCCC(C)C(C)CCCCCCCCCCCCC. The van der Waals surface area contributed by atoms with Crippen molar-refractivity contribution in [3.8, 4) is 0 Å². The van der Waals surface area contributed by atoms with E-state index in [1.54, 1.807) is 5.57 Å². The fraction of sp³-hybridized carbons (Fsp3) is 0.917. The van der Waals surface area contributed by atoms with E-state index >= 15 is 0 Å². The molecule has 0 heterocycles. The Hall–Kier alpha value is -0.260. The minimum Gasteiger partial charge on any atom is -0.0887 e. The van der Waals surface area contributed by atoms with Crippen LogP contribution in [0.15, 0.2) is 11.6 Å². The molecule has 0 aromatic rings. The zero-order chi connectivity index (χ0) is 18.0. The summed E-state index contributed by atoms with van der Waals surface area (Å²) in [6.07, 6.45) is 23.8. The largest absolute Gasteiger partial charge is 0.0887 e. The second-order valence-corrected chi connectivity index (χ2v) is 8.31. The lowest BCUT2D eigenvalue weighted by atomic mass is 9.86. The van der Waals surface area contributed by atoms with Crippen LogP contribution < -0.4 is 0 Å². The molecule has 144 valence electrons. The summed E-state index contributed by atoms with van der Waals surface area (Å²) in [6, 6.07) is 0. The predicted octanol–water partition coefficient (Wildman–Crippen LogP) is 9.10. The molecule has 0 N–H and O–H groups in total. The minimum atomic E-state index is 0.901. The molecule has 0 saturated carbocycles. The van der Waals surface area contributed by atoms with Crippen LogP contribution in [0, 0.1) is 11.8 Å². The summed E-state index contributed by atoms with van der Waals surface area (Å²) in [6.45, 7) is 11.7. The molecule has 0 aliphatic rings. The maximum absolute atomic E-state index is 2.48. The lowest BCUT2D eigenvalue weighted by Crippen LogP contribution is -2.08.